The Balaban J connectivity index is 1.97. The topological polar surface area (TPSA) is 61.4 Å². The zero-order valence-electron chi connectivity index (χ0n) is 15.8. The summed E-state index contributed by atoms with van der Waals surface area (Å²) in [4.78, 5) is 26.7. The molecule has 0 aromatic heterocycles. The summed E-state index contributed by atoms with van der Waals surface area (Å²) >= 11 is 6.04. The van der Waals surface area contributed by atoms with Crippen molar-refractivity contribution in [3.8, 4) is 0 Å². The first-order valence-corrected chi connectivity index (χ1v) is 9.60. The first-order chi connectivity index (χ1) is 13.0. The van der Waals surface area contributed by atoms with Gasteiger partial charge in [-0.2, -0.15) is 0 Å². The van der Waals surface area contributed by atoms with E-state index in [1.807, 2.05) is 23.1 Å². The van der Waals surface area contributed by atoms with E-state index >= 15 is 0 Å². The molecule has 5 nitrogen and oxygen atoms in total. The molecule has 0 saturated heterocycles. The molecule has 0 unspecified atom stereocenters. The first-order valence-electron chi connectivity index (χ1n) is 9.22. The van der Waals surface area contributed by atoms with Crippen molar-refractivity contribution < 1.29 is 9.59 Å². The van der Waals surface area contributed by atoms with Crippen LogP contribution in [0.25, 0.3) is 0 Å². The Hall–Kier alpha value is -2.53. The molecule has 2 aromatic carbocycles. The summed E-state index contributed by atoms with van der Waals surface area (Å²) in [6, 6.07) is 14.3. The normalized spacial score (nSPS) is 10.3. The molecule has 2 N–H and O–H groups in total. The third-order valence-corrected chi connectivity index (χ3v) is 4.31. The van der Waals surface area contributed by atoms with Crippen molar-refractivity contribution in [2.45, 2.75) is 26.7 Å². The van der Waals surface area contributed by atoms with Gasteiger partial charge in [0.15, 0.2) is 0 Å². The Morgan fingerprint density at radius 3 is 2.37 bits per heavy atom. The summed E-state index contributed by atoms with van der Waals surface area (Å²) in [5, 5.41) is 6.31. The predicted octanol–water partition coefficient (Wildman–Crippen LogP) is 4.65. The van der Waals surface area contributed by atoms with Gasteiger partial charge in [0.2, 0.25) is 5.91 Å². The molecular weight excluding hydrogens is 362 g/mol. The summed E-state index contributed by atoms with van der Waals surface area (Å²) in [6.07, 6.45) is 1.85. The Labute approximate surface area is 165 Å². The van der Waals surface area contributed by atoms with Crippen molar-refractivity contribution in [3.63, 3.8) is 0 Å². The Bertz CT molecular complexity index is 774. The number of nitrogens with one attached hydrogen (secondary N) is 2. The lowest BCUT2D eigenvalue weighted by molar-refractivity contribution is -0.114. The van der Waals surface area contributed by atoms with Crippen LogP contribution in [-0.4, -0.2) is 36.3 Å². The molecule has 27 heavy (non-hydrogen) atoms. The highest BCUT2D eigenvalue weighted by Gasteiger charge is 2.14. The fourth-order valence-electron chi connectivity index (χ4n) is 2.74. The van der Waals surface area contributed by atoms with Crippen LogP contribution in [0.2, 0.25) is 5.02 Å². The molecular formula is C21H26ClN3O2. The molecule has 0 fully saturated rings. The maximum absolute atomic E-state index is 12.7. The Morgan fingerprint density at radius 1 is 1.00 bits per heavy atom. The van der Waals surface area contributed by atoms with Gasteiger partial charge in [-0.05, 0) is 43.2 Å². The van der Waals surface area contributed by atoms with Gasteiger partial charge in [0.05, 0.1) is 17.3 Å². The number of rotatable bonds is 9. The van der Waals surface area contributed by atoms with Gasteiger partial charge in [-0.15, -0.1) is 0 Å². The van der Waals surface area contributed by atoms with Crippen LogP contribution >= 0.6 is 11.6 Å². The SMILES string of the molecule is CCCN(CCC)C(=O)c1cccc(NCC(=O)Nc2ccccc2Cl)c1. The molecule has 0 saturated carbocycles. The zero-order valence-corrected chi connectivity index (χ0v) is 16.6. The number of hydrogen-bond donors (Lipinski definition) is 2. The van der Waals surface area contributed by atoms with Gasteiger partial charge in [0.1, 0.15) is 0 Å². The monoisotopic (exact) mass is 387 g/mol. The highest BCUT2D eigenvalue weighted by molar-refractivity contribution is 6.33. The van der Waals surface area contributed by atoms with E-state index in [1.165, 1.54) is 0 Å². The van der Waals surface area contributed by atoms with E-state index in [2.05, 4.69) is 24.5 Å². The third kappa shape index (κ3) is 6.29. The molecule has 0 radical (unpaired) electrons. The summed E-state index contributed by atoms with van der Waals surface area (Å²) < 4.78 is 0. The second-order valence-electron chi connectivity index (χ2n) is 6.25. The van der Waals surface area contributed by atoms with Gasteiger partial charge in [-0.1, -0.05) is 43.6 Å². The summed E-state index contributed by atoms with van der Waals surface area (Å²) in [5.41, 5.74) is 1.92. The highest BCUT2D eigenvalue weighted by atomic mass is 35.5. The molecule has 0 spiro atoms. The van der Waals surface area contributed by atoms with Crippen molar-refractivity contribution >= 4 is 34.8 Å². The number of nitrogens with zero attached hydrogens (tertiary/aromatic N) is 1. The van der Waals surface area contributed by atoms with Crippen molar-refractivity contribution in [2.24, 2.45) is 0 Å². The van der Waals surface area contributed by atoms with Crippen LogP contribution in [-0.2, 0) is 4.79 Å². The third-order valence-electron chi connectivity index (χ3n) is 3.98. The van der Waals surface area contributed by atoms with Gasteiger partial charge in [0.25, 0.3) is 5.91 Å². The van der Waals surface area contributed by atoms with Crippen molar-refractivity contribution in [2.75, 3.05) is 30.3 Å². The lowest BCUT2D eigenvalue weighted by atomic mass is 10.1. The van der Waals surface area contributed by atoms with Crippen molar-refractivity contribution in [1.29, 1.82) is 0 Å². The van der Waals surface area contributed by atoms with Gasteiger partial charge in [-0.25, -0.2) is 0 Å². The number of halogens is 1. The Morgan fingerprint density at radius 2 is 1.70 bits per heavy atom. The quantitative estimate of drug-likeness (QED) is 0.658. The number of benzene rings is 2. The molecule has 6 heteroatoms. The predicted molar refractivity (Wildman–Crippen MR) is 111 cm³/mol. The van der Waals surface area contributed by atoms with Gasteiger partial charge < -0.3 is 15.5 Å². The van der Waals surface area contributed by atoms with Crippen molar-refractivity contribution in [3.05, 3.63) is 59.1 Å². The molecule has 0 aliphatic heterocycles. The van der Waals surface area contributed by atoms with Gasteiger partial charge in [0, 0.05) is 24.3 Å². The fourth-order valence-corrected chi connectivity index (χ4v) is 2.92. The van der Waals surface area contributed by atoms with Crippen LogP contribution in [0.4, 0.5) is 11.4 Å². The molecule has 0 aliphatic rings. The first kappa shape index (κ1) is 20.8. The molecule has 0 aliphatic carbocycles. The van der Waals surface area contributed by atoms with E-state index in [9.17, 15) is 9.59 Å². The summed E-state index contributed by atoms with van der Waals surface area (Å²) in [7, 11) is 0. The number of carbonyl (C=O) groups excluding carboxylic acids is 2. The van der Waals surface area contributed by atoms with Crippen LogP contribution in [0.5, 0.6) is 0 Å². The van der Waals surface area contributed by atoms with Crippen LogP contribution in [0.15, 0.2) is 48.5 Å². The van der Waals surface area contributed by atoms with Crippen LogP contribution in [0.1, 0.15) is 37.0 Å². The van der Waals surface area contributed by atoms with E-state index < -0.39 is 0 Å². The number of amides is 2. The largest absolute Gasteiger partial charge is 0.376 e. The van der Waals surface area contributed by atoms with Crippen LogP contribution < -0.4 is 10.6 Å². The molecule has 2 rings (SSSR count). The average molecular weight is 388 g/mol. The van der Waals surface area contributed by atoms with Crippen molar-refractivity contribution in [1.82, 2.24) is 4.90 Å². The van der Waals surface area contributed by atoms with E-state index in [1.54, 1.807) is 30.3 Å². The smallest absolute Gasteiger partial charge is 0.253 e. The van der Waals surface area contributed by atoms with E-state index in [0.717, 1.165) is 31.6 Å². The minimum atomic E-state index is -0.210. The molecule has 0 atom stereocenters. The fraction of sp³-hybridized carbons (Fsp3) is 0.333. The molecule has 144 valence electrons. The molecule has 0 heterocycles. The Kier molecular flexibility index (Phi) is 8.14. The second kappa shape index (κ2) is 10.6. The van der Waals surface area contributed by atoms with Crippen LogP contribution in [0.3, 0.4) is 0 Å². The molecule has 0 bridgehead atoms. The van der Waals surface area contributed by atoms with E-state index in [-0.39, 0.29) is 18.4 Å². The molecule has 2 aromatic rings. The average Bonchev–Trinajstić information content (AvgIpc) is 2.68. The van der Waals surface area contributed by atoms with Crippen LogP contribution in [0, 0.1) is 0 Å². The number of para-hydroxylation sites is 1. The number of hydrogen-bond acceptors (Lipinski definition) is 3. The molecule has 2 amide bonds. The zero-order chi connectivity index (χ0) is 19.6. The van der Waals surface area contributed by atoms with Gasteiger partial charge >= 0.3 is 0 Å². The lowest BCUT2D eigenvalue weighted by Crippen LogP contribution is -2.32. The van der Waals surface area contributed by atoms with E-state index in [0.29, 0.717) is 16.3 Å². The summed E-state index contributed by atoms with van der Waals surface area (Å²) in [6.45, 7) is 5.68. The maximum Gasteiger partial charge on any atom is 0.253 e. The standard InChI is InChI=1S/C21H26ClN3O2/c1-3-12-25(13-4-2)21(27)16-8-7-9-17(14-16)23-15-20(26)24-19-11-6-5-10-18(19)22/h5-11,14,23H,3-4,12-13,15H2,1-2H3,(H,24,26). The minimum Gasteiger partial charge on any atom is -0.376 e. The maximum atomic E-state index is 12.7. The number of carbonyl (C=O) groups is 2. The van der Waals surface area contributed by atoms with Gasteiger partial charge in [-0.3, -0.25) is 9.59 Å². The minimum absolute atomic E-state index is 0.0165. The lowest BCUT2D eigenvalue weighted by Gasteiger charge is -2.21. The van der Waals surface area contributed by atoms with E-state index in [4.69, 9.17) is 11.6 Å². The highest BCUT2D eigenvalue weighted by Crippen LogP contribution is 2.20. The summed E-state index contributed by atoms with van der Waals surface area (Å²) in [5.74, 6) is -0.193. The number of anilines is 2. The second-order valence-corrected chi connectivity index (χ2v) is 6.66.